The Morgan fingerprint density at radius 3 is 2.61 bits per heavy atom. The minimum Gasteiger partial charge on any atom is -0.497 e. The van der Waals surface area contributed by atoms with E-state index in [1.165, 1.54) is 12.0 Å². The van der Waals surface area contributed by atoms with Gasteiger partial charge < -0.3 is 29.2 Å². The molecule has 11 nitrogen and oxygen atoms in total. The van der Waals surface area contributed by atoms with Gasteiger partial charge >= 0.3 is 6.03 Å². The Bertz CT molecular complexity index is 1390. The molecule has 3 aromatic rings. The van der Waals surface area contributed by atoms with Crippen LogP contribution in [0.3, 0.4) is 0 Å². The molecule has 4 amide bonds. The number of benzene rings is 1. The average molecular weight is 491 g/mol. The molecule has 2 N–H and O–H groups in total. The van der Waals surface area contributed by atoms with Gasteiger partial charge in [0.1, 0.15) is 22.8 Å². The molecule has 1 aromatic carbocycles. The molecule has 6 rings (SSSR count). The van der Waals surface area contributed by atoms with E-state index >= 15 is 0 Å². The molecule has 2 saturated heterocycles. The second kappa shape index (κ2) is 8.23. The number of carbonyl (C=O) groups is 3. The van der Waals surface area contributed by atoms with Crippen LogP contribution < -0.4 is 20.3 Å². The first kappa shape index (κ1) is 22.4. The van der Waals surface area contributed by atoms with Crippen LogP contribution in [-0.4, -0.2) is 79.5 Å². The summed E-state index contributed by atoms with van der Waals surface area (Å²) in [6.07, 6.45) is 0. The van der Waals surface area contributed by atoms with Gasteiger partial charge in [0.25, 0.3) is 11.8 Å². The van der Waals surface area contributed by atoms with Crippen molar-refractivity contribution in [2.75, 3.05) is 51.8 Å². The molecule has 0 unspecified atom stereocenters. The molecule has 2 fully saturated rings. The van der Waals surface area contributed by atoms with Crippen LogP contribution in [0, 0.1) is 0 Å². The lowest BCUT2D eigenvalue weighted by Gasteiger charge is -2.33. The van der Waals surface area contributed by atoms with Crippen LogP contribution in [0.5, 0.6) is 5.75 Å². The number of piperazine rings is 1. The largest absolute Gasteiger partial charge is 0.497 e. The first-order valence-electron chi connectivity index (χ1n) is 11.8. The molecule has 11 heteroatoms. The number of anilines is 1. The van der Waals surface area contributed by atoms with Crippen LogP contribution in [0.15, 0.2) is 40.8 Å². The molecule has 3 aliphatic heterocycles. The zero-order valence-corrected chi connectivity index (χ0v) is 20.0. The Kier molecular flexibility index (Phi) is 5.11. The molecule has 0 radical (unpaired) electrons. The van der Waals surface area contributed by atoms with Crippen molar-refractivity contribution in [3.05, 3.63) is 53.3 Å². The SMILES string of the molecule is COc1ccc2c(c1)C(=O)N(C[C@@]1(c3cc4nc(N5CCN(C)CC5)ccc4o3)NC(=O)NC1=O)C2. The molecule has 36 heavy (non-hydrogen) atoms. The normalized spacial score (nSPS) is 22.2. The molecule has 2 aromatic heterocycles. The summed E-state index contributed by atoms with van der Waals surface area (Å²) in [6.45, 7) is 3.84. The van der Waals surface area contributed by atoms with Crippen molar-refractivity contribution in [3.8, 4) is 5.75 Å². The van der Waals surface area contributed by atoms with E-state index in [1.54, 1.807) is 18.2 Å². The highest BCUT2D eigenvalue weighted by molar-refractivity contribution is 6.08. The molecule has 3 aliphatic rings. The second-order valence-corrected chi connectivity index (χ2v) is 9.45. The highest BCUT2D eigenvalue weighted by atomic mass is 16.5. The van der Waals surface area contributed by atoms with E-state index in [0.29, 0.717) is 29.0 Å². The minimum absolute atomic E-state index is 0.0917. The number of imide groups is 1. The summed E-state index contributed by atoms with van der Waals surface area (Å²) in [5, 5.41) is 5.02. The number of rotatable bonds is 5. The smallest absolute Gasteiger partial charge is 0.322 e. The van der Waals surface area contributed by atoms with E-state index in [2.05, 4.69) is 27.5 Å². The summed E-state index contributed by atoms with van der Waals surface area (Å²) in [6, 6.07) is 10.1. The zero-order valence-electron chi connectivity index (χ0n) is 20.0. The topological polar surface area (TPSA) is 120 Å². The summed E-state index contributed by atoms with van der Waals surface area (Å²) < 4.78 is 11.3. The Labute approximate surface area is 207 Å². The standard InChI is InChI=1S/C25H26N6O5/c1-29-7-9-30(10-8-29)21-6-5-19-18(26-21)12-20(36-19)25(23(33)27-24(34)28-25)14-31-13-15-3-4-16(35-2)11-17(15)22(31)32/h3-6,11-12H,7-10,13-14H2,1-2H3,(H2,27,28,33,34)/t25-/m0/s1. The Morgan fingerprint density at radius 2 is 1.89 bits per heavy atom. The fourth-order valence-electron chi connectivity index (χ4n) is 5.07. The Morgan fingerprint density at radius 1 is 1.08 bits per heavy atom. The summed E-state index contributed by atoms with van der Waals surface area (Å²) in [7, 11) is 3.63. The molecular formula is C25H26N6O5. The van der Waals surface area contributed by atoms with Crippen molar-refractivity contribution in [2.24, 2.45) is 0 Å². The maximum absolute atomic E-state index is 13.2. The zero-order chi connectivity index (χ0) is 25.0. The maximum atomic E-state index is 13.2. The fourth-order valence-corrected chi connectivity index (χ4v) is 5.07. The molecule has 0 aliphatic carbocycles. The van der Waals surface area contributed by atoms with Crippen molar-refractivity contribution in [3.63, 3.8) is 0 Å². The van der Waals surface area contributed by atoms with Crippen molar-refractivity contribution in [2.45, 2.75) is 12.1 Å². The summed E-state index contributed by atoms with van der Waals surface area (Å²) in [5.41, 5.74) is 0.835. The number of nitrogens with zero attached hydrogens (tertiary/aromatic N) is 4. The number of urea groups is 1. The lowest BCUT2D eigenvalue weighted by Crippen LogP contribution is -2.52. The van der Waals surface area contributed by atoms with E-state index in [9.17, 15) is 14.4 Å². The monoisotopic (exact) mass is 490 g/mol. The number of fused-ring (bicyclic) bond motifs is 2. The molecule has 0 saturated carbocycles. The molecule has 186 valence electrons. The van der Waals surface area contributed by atoms with E-state index in [1.807, 2.05) is 18.2 Å². The predicted octanol–water partition coefficient (Wildman–Crippen LogP) is 1.28. The van der Waals surface area contributed by atoms with Gasteiger partial charge in [-0.25, -0.2) is 9.78 Å². The quantitative estimate of drug-likeness (QED) is 0.514. The number of carbonyl (C=O) groups excluding carboxylic acids is 3. The number of nitrogens with one attached hydrogen (secondary N) is 2. The van der Waals surface area contributed by atoms with Gasteiger partial charge in [0.05, 0.1) is 13.7 Å². The van der Waals surface area contributed by atoms with Crippen LogP contribution in [-0.2, 0) is 16.9 Å². The second-order valence-electron chi connectivity index (χ2n) is 9.45. The average Bonchev–Trinajstić information content (AvgIpc) is 3.53. The van der Waals surface area contributed by atoms with Crippen LogP contribution in [0.1, 0.15) is 21.7 Å². The number of likely N-dealkylation sites (N-methyl/N-ethyl adjacent to an activating group) is 1. The number of amides is 4. The van der Waals surface area contributed by atoms with E-state index in [0.717, 1.165) is 37.6 Å². The molecular weight excluding hydrogens is 464 g/mol. The number of aromatic nitrogens is 1. The number of methoxy groups -OCH3 is 1. The number of hydrogen-bond donors (Lipinski definition) is 2. The van der Waals surface area contributed by atoms with Crippen molar-refractivity contribution < 1.29 is 23.5 Å². The fraction of sp³-hybridized carbons (Fsp3) is 0.360. The van der Waals surface area contributed by atoms with E-state index < -0.39 is 17.5 Å². The number of furan rings is 1. The van der Waals surface area contributed by atoms with Crippen molar-refractivity contribution in [1.29, 1.82) is 0 Å². The maximum Gasteiger partial charge on any atom is 0.322 e. The molecule has 5 heterocycles. The van der Waals surface area contributed by atoms with Crippen LogP contribution in [0.25, 0.3) is 11.1 Å². The third kappa shape index (κ3) is 3.54. The van der Waals surface area contributed by atoms with Gasteiger partial charge in [0.2, 0.25) is 0 Å². The van der Waals surface area contributed by atoms with Gasteiger partial charge in [-0.05, 0) is 36.9 Å². The number of ether oxygens (including phenoxy) is 1. The lowest BCUT2D eigenvalue weighted by atomic mass is 9.95. The first-order chi connectivity index (χ1) is 17.4. The van der Waals surface area contributed by atoms with Gasteiger partial charge in [-0.2, -0.15) is 0 Å². The highest BCUT2D eigenvalue weighted by Crippen LogP contribution is 2.35. The third-order valence-electron chi connectivity index (χ3n) is 7.17. The van der Waals surface area contributed by atoms with Crippen molar-refractivity contribution in [1.82, 2.24) is 25.4 Å². The summed E-state index contributed by atoms with van der Waals surface area (Å²) in [4.78, 5) is 49.4. The Balaban J connectivity index is 1.33. The minimum atomic E-state index is -1.58. The summed E-state index contributed by atoms with van der Waals surface area (Å²) in [5.74, 6) is 0.808. The van der Waals surface area contributed by atoms with Gasteiger partial charge in [-0.1, -0.05) is 6.07 Å². The van der Waals surface area contributed by atoms with Crippen molar-refractivity contribution >= 4 is 34.8 Å². The number of hydrogen-bond acceptors (Lipinski definition) is 8. The molecule has 1 atom stereocenters. The first-order valence-corrected chi connectivity index (χ1v) is 11.8. The van der Waals surface area contributed by atoms with Gasteiger partial charge in [0.15, 0.2) is 11.1 Å². The van der Waals surface area contributed by atoms with Crippen LogP contribution in [0.4, 0.5) is 10.6 Å². The van der Waals surface area contributed by atoms with Gasteiger partial charge in [-0.15, -0.1) is 0 Å². The molecule has 0 bridgehead atoms. The predicted molar refractivity (Wildman–Crippen MR) is 130 cm³/mol. The molecule has 0 spiro atoms. The summed E-state index contributed by atoms with van der Waals surface area (Å²) >= 11 is 0. The number of pyridine rings is 1. The van der Waals surface area contributed by atoms with Crippen LogP contribution in [0.2, 0.25) is 0 Å². The third-order valence-corrected chi connectivity index (χ3v) is 7.17. The Hall–Kier alpha value is -4.12. The lowest BCUT2D eigenvalue weighted by molar-refractivity contribution is -0.125. The van der Waals surface area contributed by atoms with E-state index in [-0.39, 0.29) is 18.2 Å². The van der Waals surface area contributed by atoms with E-state index in [4.69, 9.17) is 14.1 Å². The van der Waals surface area contributed by atoms with Crippen LogP contribution >= 0.6 is 0 Å². The van der Waals surface area contributed by atoms with Gasteiger partial charge in [-0.3, -0.25) is 14.9 Å². The highest BCUT2D eigenvalue weighted by Gasteiger charge is 2.53. The van der Waals surface area contributed by atoms with Gasteiger partial charge in [0, 0.05) is 44.4 Å².